The van der Waals surface area contributed by atoms with Crippen LogP contribution in [-0.4, -0.2) is 76.1 Å². The molecule has 4 rings (SSSR count). The van der Waals surface area contributed by atoms with Crippen LogP contribution in [0.15, 0.2) is 24.3 Å². The minimum absolute atomic E-state index is 0.224. The second kappa shape index (κ2) is 8.78. The highest BCUT2D eigenvalue weighted by Gasteiger charge is 2.51. The van der Waals surface area contributed by atoms with Gasteiger partial charge in [-0.1, -0.05) is 23.6 Å². The Labute approximate surface area is 193 Å². The van der Waals surface area contributed by atoms with Crippen LogP contribution < -0.4 is 0 Å². The molecule has 0 bridgehead atoms. The lowest BCUT2D eigenvalue weighted by atomic mass is 9.84. The van der Waals surface area contributed by atoms with Crippen molar-refractivity contribution in [3.8, 4) is 0 Å². The van der Waals surface area contributed by atoms with E-state index in [-0.39, 0.29) is 11.1 Å². The number of hydroxylamine groups is 2. The van der Waals surface area contributed by atoms with E-state index in [1.54, 1.807) is 29.2 Å². The lowest BCUT2D eigenvalue weighted by molar-refractivity contribution is -0.188. The number of ether oxygens (including phenoxy) is 1. The van der Waals surface area contributed by atoms with Crippen molar-refractivity contribution in [1.29, 1.82) is 0 Å². The second-order valence-electron chi connectivity index (χ2n) is 9.88. The highest BCUT2D eigenvalue weighted by molar-refractivity contribution is 6.21. The summed E-state index contributed by atoms with van der Waals surface area (Å²) >= 11 is 0. The maximum Gasteiger partial charge on any atom is 0.410 e. The van der Waals surface area contributed by atoms with Crippen LogP contribution in [0.2, 0.25) is 0 Å². The maximum atomic E-state index is 13.6. The van der Waals surface area contributed by atoms with Gasteiger partial charge in [0.25, 0.3) is 11.8 Å². The van der Waals surface area contributed by atoms with Gasteiger partial charge in [0.15, 0.2) is 0 Å². The fourth-order valence-corrected chi connectivity index (χ4v) is 4.77. The van der Waals surface area contributed by atoms with Crippen molar-refractivity contribution in [1.82, 2.24) is 14.9 Å². The largest absolute Gasteiger partial charge is 0.444 e. The van der Waals surface area contributed by atoms with Crippen LogP contribution in [0.25, 0.3) is 0 Å². The molecule has 0 unspecified atom stereocenters. The Morgan fingerprint density at radius 3 is 1.94 bits per heavy atom. The standard InChI is InChI=1S/C24H31N3O6/c1-23(2,3)32-22(31)25-15-11-24(12-16-25,26-13-7-4-8-14-26)21(30)33-27-19(28)17-9-5-6-10-18(17)20(27)29/h5-6,9-10H,4,7-8,11-16H2,1-3H3. The number of piperidine rings is 2. The zero-order valence-electron chi connectivity index (χ0n) is 19.5. The SMILES string of the molecule is CC(C)(C)OC(=O)N1CCC(C(=O)ON2C(=O)c3ccccc3C2=O)(N2CCCCC2)CC1. The Balaban J connectivity index is 1.52. The number of benzene rings is 1. The van der Waals surface area contributed by atoms with E-state index in [9.17, 15) is 19.2 Å². The molecule has 178 valence electrons. The normalized spacial score (nSPS) is 21.1. The van der Waals surface area contributed by atoms with E-state index >= 15 is 0 Å². The van der Waals surface area contributed by atoms with Crippen molar-refractivity contribution in [2.75, 3.05) is 26.2 Å². The number of amides is 3. The predicted molar refractivity (Wildman–Crippen MR) is 118 cm³/mol. The van der Waals surface area contributed by atoms with Gasteiger partial charge >= 0.3 is 12.1 Å². The third-order valence-corrected chi connectivity index (χ3v) is 6.51. The summed E-state index contributed by atoms with van der Waals surface area (Å²) in [5.41, 5.74) is -1.17. The van der Waals surface area contributed by atoms with Gasteiger partial charge in [-0.25, -0.2) is 9.59 Å². The number of likely N-dealkylation sites (tertiary alicyclic amines) is 2. The molecule has 1 aromatic carbocycles. The van der Waals surface area contributed by atoms with Crippen LogP contribution >= 0.6 is 0 Å². The van der Waals surface area contributed by atoms with Crippen molar-refractivity contribution in [2.24, 2.45) is 0 Å². The van der Waals surface area contributed by atoms with Crippen LogP contribution in [0.1, 0.15) is 73.6 Å². The Bertz CT molecular complexity index is 920. The third-order valence-electron chi connectivity index (χ3n) is 6.51. The molecule has 2 saturated heterocycles. The van der Waals surface area contributed by atoms with Gasteiger partial charge in [0.05, 0.1) is 11.1 Å². The van der Waals surface area contributed by atoms with Gasteiger partial charge in [0.2, 0.25) is 0 Å². The van der Waals surface area contributed by atoms with Crippen LogP contribution in [0.3, 0.4) is 0 Å². The number of hydrogen-bond donors (Lipinski definition) is 0. The number of nitrogens with zero attached hydrogens (tertiary/aromatic N) is 3. The molecule has 3 heterocycles. The molecule has 2 fully saturated rings. The molecule has 9 nitrogen and oxygen atoms in total. The molecule has 1 aromatic rings. The summed E-state index contributed by atoms with van der Waals surface area (Å²) in [6, 6.07) is 6.42. The Morgan fingerprint density at radius 1 is 0.879 bits per heavy atom. The summed E-state index contributed by atoms with van der Waals surface area (Å²) in [5, 5.41) is 0.582. The van der Waals surface area contributed by atoms with Crippen LogP contribution in [-0.2, 0) is 14.4 Å². The molecule has 33 heavy (non-hydrogen) atoms. The van der Waals surface area contributed by atoms with Crippen LogP contribution in [0, 0.1) is 0 Å². The molecule has 0 saturated carbocycles. The summed E-state index contributed by atoms with van der Waals surface area (Å²) in [6.45, 7) is 7.53. The second-order valence-corrected chi connectivity index (χ2v) is 9.88. The monoisotopic (exact) mass is 457 g/mol. The van der Waals surface area contributed by atoms with E-state index in [2.05, 4.69) is 4.90 Å². The first kappa shape index (κ1) is 23.2. The Kier molecular flexibility index (Phi) is 6.18. The average molecular weight is 458 g/mol. The molecule has 0 atom stereocenters. The molecule has 0 aromatic heterocycles. The quantitative estimate of drug-likeness (QED) is 0.644. The fourth-order valence-electron chi connectivity index (χ4n) is 4.77. The molecule has 0 spiro atoms. The average Bonchev–Trinajstić information content (AvgIpc) is 3.03. The van der Waals surface area contributed by atoms with E-state index in [1.165, 1.54) is 0 Å². The summed E-state index contributed by atoms with van der Waals surface area (Å²) < 4.78 is 5.48. The molecular formula is C24H31N3O6. The number of carbonyl (C=O) groups is 4. The highest BCUT2D eigenvalue weighted by Crippen LogP contribution is 2.35. The number of fused-ring (bicyclic) bond motifs is 1. The maximum absolute atomic E-state index is 13.6. The molecule has 0 aliphatic carbocycles. The van der Waals surface area contributed by atoms with E-state index in [0.29, 0.717) is 31.0 Å². The van der Waals surface area contributed by atoms with Crippen molar-refractivity contribution < 1.29 is 28.8 Å². The molecule has 3 aliphatic heterocycles. The third kappa shape index (κ3) is 4.46. The van der Waals surface area contributed by atoms with Gasteiger partial charge in [-0.3, -0.25) is 14.5 Å². The van der Waals surface area contributed by atoms with Crippen molar-refractivity contribution >= 4 is 23.9 Å². The van der Waals surface area contributed by atoms with Crippen molar-refractivity contribution in [3.63, 3.8) is 0 Å². The van der Waals surface area contributed by atoms with Gasteiger partial charge in [0, 0.05) is 13.1 Å². The first-order chi connectivity index (χ1) is 15.6. The number of hydrogen-bond acceptors (Lipinski definition) is 7. The number of imide groups is 1. The molecule has 3 amide bonds. The zero-order valence-corrected chi connectivity index (χ0v) is 19.5. The zero-order chi connectivity index (χ0) is 23.8. The summed E-state index contributed by atoms with van der Waals surface area (Å²) in [5.74, 6) is -1.89. The van der Waals surface area contributed by atoms with Crippen LogP contribution in [0.5, 0.6) is 0 Å². The van der Waals surface area contributed by atoms with Gasteiger partial charge < -0.3 is 14.5 Å². The molecule has 0 radical (unpaired) electrons. The van der Waals surface area contributed by atoms with Gasteiger partial charge in [-0.05, 0) is 71.7 Å². The lowest BCUT2D eigenvalue weighted by Gasteiger charge is -2.48. The van der Waals surface area contributed by atoms with Gasteiger partial charge in [-0.15, -0.1) is 0 Å². The van der Waals surface area contributed by atoms with Crippen molar-refractivity contribution in [3.05, 3.63) is 35.4 Å². The van der Waals surface area contributed by atoms with E-state index in [0.717, 1.165) is 32.4 Å². The molecular weight excluding hydrogens is 426 g/mol. The topological polar surface area (TPSA) is 96.5 Å². The van der Waals surface area contributed by atoms with E-state index < -0.39 is 35.0 Å². The van der Waals surface area contributed by atoms with Crippen molar-refractivity contribution in [2.45, 2.75) is 64.0 Å². The summed E-state index contributed by atoms with van der Waals surface area (Å²) in [6.07, 6.45) is 3.27. The Morgan fingerprint density at radius 2 is 1.42 bits per heavy atom. The molecule has 0 N–H and O–H groups in total. The van der Waals surface area contributed by atoms with E-state index in [1.807, 2.05) is 20.8 Å². The first-order valence-corrected chi connectivity index (χ1v) is 11.6. The minimum atomic E-state index is -1.01. The number of rotatable bonds is 3. The molecule has 9 heteroatoms. The summed E-state index contributed by atoms with van der Waals surface area (Å²) in [7, 11) is 0. The van der Waals surface area contributed by atoms with Crippen LogP contribution in [0.4, 0.5) is 4.79 Å². The fraction of sp³-hybridized carbons (Fsp3) is 0.583. The number of carbonyl (C=O) groups excluding carboxylic acids is 4. The molecule has 3 aliphatic rings. The van der Waals surface area contributed by atoms with Gasteiger partial charge in [0.1, 0.15) is 11.1 Å². The minimum Gasteiger partial charge on any atom is -0.444 e. The summed E-state index contributed by atoms with van der Waals surface area (Å²) in [4.78, 5) is 60.8. The lowest BCUT2D eigenvalue weighted by Crippen LogP contribution is -2.63. The predicted octanol–water partition coefficient (Wildman–Crippen LogP) is 3.00. The Hall–Kier alpha value is -2.94. The van der Waals surface area contributed by atoms with E-state index in [4.69, 9.17) is 9.57 Å². The smallest absolute Gasteiger partial charge is 0.410 e. The highest BCUT2D eigenvalue weighted by atomic mass is 16.7. The first-order valence-electron chi connectivity index (χ1n) is 11.6. The van der Waals surface area contributed by atoms with Gasteiger partial charge in [-0.2, -0.15) is 0 Å².